The molecular formula is C16H23N3. The molecule has 19 heavy (non-hydrogen) atoms. The molecule has 1 aromatic carbocycles. The van der Waals surface area contributed by atoms with Crippen molar-refractivity contribution in [2.45, 2.75) is 31.2 Å². The summed E-state index contributed by atoms with van der Waals surface area (Å²) < 4.78 is 0. The number of nitrogens with one attached hydrogen (secondary N) is 1. The number of likely N-dealkylation sites (tertiary alicyclic amines) is 1. The summed E-state index contributed by atoms with van der Waals surface area (Å²) in [6.07, 6.45) is 6.65. The number of fused-ring (bicyclic) bond motifs is 1. The molecule has 1 atom stereocenters. The number of aromatic amines is 1. The highest BCUT2D eigenvalue weighted by Gasteiger charge is 2.29. The van der Waals surface area contributed by atoms with E-state index in [1.807, 2.05) is 0 Å². The zero-order valence-corrected chi connectivity index (χ0v) is 11.7. The van der Waals surface area contributed by atoms with Crippen LogP contribution in [0.15, 0.2) is 30.5 Å². The largest absolute Gasteiger partial charge is 0.361 e. The molecule has 2 heterocycles. The third-order valence-corrected chi connectivity index (χ3v) is 4.37. The number of hydrogen-bond donors (Lipinski definition) is 2. The second-order valence-corrected chi connectivity index (χ2v) is 6.06. The summed E-state index contributed by atoms with van der Waals surface area (Å²) in [5, 5.41) is 1.34. The molecule has 102 valence electrons. The molecule has 2 aromatic rings. The van der Waals surface area contributed by atoms with Crippen LogP contribution >= 0.6 is 0 Å². The van der Waals surface area contributed by atoms with Crippen LogP contribution in [0.25, 0.3) is 10.9 Å². The number of benzene rings is 1. The minimum absolute atomic E-state index is 0.00856. The Morgan fingerprint density at radius 2 is 2.21 bits per heavy atom. The molecule has 3 heteroatoms. The highest BCUT2D eigenvalue weighted by Crippen LogP contribution is 2.25. The van der Waals surface area contributed by atoms with E-state index >= 15 is 0 Å². The van der Waals surface area contributed by atoms with Crippen molar-refractivity contribution in [3.05, 3.63) is 36.0 Å². The van der Waals surface area contributed by atoms with Crippen molar-refractivity contribution >= 4 is 10.9 Å². The van der Waals surface area contributed by atoms with E-state index in [0.29, 0.717) is 0 Å². The van der Waals surface area contributed by atoms with Crippen molar-refractivity contribution in [2.24, 2.45) is 5.73 Å². The number of rotatable bonds is 3. The van der Waals surface area contributed by atoms with Crippen LogP contribution in [-0.2, 0) is 6.42 Å². The molecule has 0 aliphatic carbocycles. The van der Waals surface area contributed by atoms with Crippen LogP contribution in [0.5, 0.6) is 0 Å². The standard InChI is InChI=1S/C16H23N3/c1-19-10-4-8-16(17,12-19)9-7-13-11-18-15-6-3-2-5-14(13)15/h2-3,5-6,11,18H,4,7-10,12,17H2,1H3. The Morgan fingerprint density at radius 3 is 3.05 bits per heavy atom. The van der Waals surface area contributed by atoms with Gasteiger partial charge in [-0.05, 0) is 50.9 Å². The van der Waals surface area contributed by atoms with Gasteiger partial charge >= 0.3 is 0 Å². The fourth-order valence-electron chi connectivity index (χ4n) is 3.32. The summed E-state index contributed by atoms with van der Waals surface area (Å²) in [7, 11) is 2.17. The van der Waals surface area contributed by atoms with Crippen molar-refractivity contribution in [2.75, 3.05) is 20.1 Å². The van der Waals surface area contributed by atoms with Crippen molar-refractivity contribution < 1.29 is 0 Å². The van der Waals surface area contributed by atoms with Crippen molar-refractivity contribution in [1.82, 2.24) is 9.88 Å². The highest BCUT2D eigenvalue weighted by molar-refractivity contribution is 5.83. The molecule has 0 spiro atoms. The Morgan fingerprint density at radius 1 is 1.37 bits per heavy atom. The fourth-order valence-corrected chi connectivity index (χ4v) is 3.32. The van der Waals surface area contributed by atoms with Crippen LogP contribution in [-0.4, -0.2) is 35.6 Å². The van der Waals surface area contributed by atoms with Gasteiger partial charge in [0.2, 0.25) is 0 Å². The van der Waals surface area contributed by atoms with Crippen LogP contribution in [0.3, 0.4) is 0 Å². The number of H-pyrrole nitrogens is 1. The average Bonchev–Trinajstić information content (AvgIpc) is 2.79. The van der Waals surface area contributed by atoms with E-state index < -0.39 is 0 Å². The van der Waals surface area contributed by atoms with Gasteiger partial charge in [0.15, 0.2) is 0 Å². The second-order valence-electron chi connectivity index (χ2n) is 6.06. The Kier molecular flexibility index (Phi) is 3.33. The molecule has 0 amide bonds. The molecule has 1 saturated heterocycles. The normalized spacial score (nSPS) is 24.9. The summed E-state index contributed by atoms with van der Waals surface area (Å²) in [6.45, 7) is 2.21. The van der Waals surface area contributed by atoms with E-state index in [1.54, 1.807) is 0 Å². The number of aromatic nitrogens is 1. The third kappa shape index (κ3) is 2.67. The summed E-state index contributed by atoms with van der Waals surface area (Å²) in [5.41, 5.74) is 9.17. The lowest BCUT2D eigenvalue weighted by molar-refractivity contribution is 0.171. The van der Waals surface area contributed by atoms with E-state index in [1.165, 1.54) is 29.4 Å². The van der Waals surface area contributed by atoms with Gasteiger partial charge in [-0.25, -0.2) is 0 Å². The number of nitrogens with zero attached hydrogens (tertiary/aromatic N) is 1. The molecule has 1 aliphatic rings. The molecule has 1 aromatic heterocycles. The van der Waals surface area contributed by atoms with Crippen molar-refractivity contribution in [3.8, 4) is 0 Å². The summed E-state index contributed by atoms with van der Waals surface area (Å²) in [6, 6.07) is 8.50. The van der Waals surface area contributed by atoms with Gasteiger partial charge < -0.3 is 15.6 Å². The van der Waals surface area contributed by atoms with E-state index in [-0.39, 0.29) is 5.54 Å². The van der Waals surface area contributed by atoms with Gasteiger partial charge in [0, 0.05) is 29.2 Å². The first-order chi connectivity index (χ1) is 9.16. The molecule has 0 saturated carbocycles. The van der Waals surface area contributed by atoms with E-state index in [0.717, 1.165) is 25.8 Å². The second kappa shape index (κ2) is 4.99. The van der Waals surface area contributed by atoms with Crippen LogP contribution in [0.4, 0.5) is 0 Å². The molecule has 0 bridgehead atoms. The summed E-state index contributed by atoms with van der Waals surface area (Å²) >= 11 is 0. The van der Waals surface area contributed by atoms with Gasteiger partial charge in [-0.2, -0.15) is 0 Å². The Labute approximate surface area is 114 Å². The van der Waals surface area contributed by atoms with Gasteiger partial charge in [-0.3, -0.25) is 0 Å². The molecule has 3 rings (SSSR count). The predicted octanol–water partition coefficient (Wildman–Crippen LogP) is 2.52. The lowest BCUT2D eigenvalue weighted by Crippen LogP contribution is -2.53. The van der Waals surface area contributed by atoms with Crippen molar-refractivity contribution in [3.63, 3.8) is 0 Å². The first-order valence-electron chi connectivity index (χ1n) is 7.19. The van der Waals surface area contributed by atoms with Gasteiger partial charge in [0.05, 0.1) is 0 Å². The number of piperidine rings is 1. The molecule has 3 nitrogen and oxygen atoms in total. The number of aryl methyl sites for hydroxylation is 1. The highest BCUT2D eigenvalue weighted by atomic mass is 15.1. The lowest BCUT2D eigenvalue weighted by atomic mass is 9.85. The Bertz CT molecular complexity index is 560. The quantitative estimate of drug-likeness (QED) is 0.887. The third-order valence-electron chi connectivity index (χ3n) is 4.37. The van der Waals surface area contributed by atoms with Gasteiger partial charge in [-0.15, -0.1) is 0 Å². The molecule has 1 unspecified atom stereocenters. The van der Waals surface area contributed by atoms with Gasteiger partial charge in [0.25, 0.3) is 0 Å². The smallest absolute Gasteiger partial charge is 0.0456 e. The fraction of sp³-hybridized carbons (Fsp3) is 0.500. The Balaban J connectivity index is 1.72. The SMILES string of the molecule is CN1CCCC(N)(CCc2c[nH]c3ccccc23)C1. The van der Waals surface area contributed by atoms with Crippen LogP contribution in [0, 0.1) is 0 Å². The van der Waals surface area contributed by atoms with Crippen molar-refractivity contribution in [1.29, 1.82) is 0 Å². The topological polar surface area (TPSA) is 45.0 Å². The molecule has 3 N–H and O–H groups in total. The maximum Gasteiger partial charge on any atom is 0.0456 e. The van der Waals surface area contributed by atoms with Crippen LogP contribution in [0.1, 0.15) is 24.8 Å². The van der Waals surface area contributed by atoms with Crippen LogP contribution < -0.4 is 5.73 Å². The number of nitrogens with two attached hydrogens (primary N) is 1. The molecule has 0 radical (unpaired) electrons. The van der Waals surface area contributed by atoms with Gasteiger partial charge in [0.1, 0.15) is 0 Å². The summed E-state index contributed by atoms with van der Waals surface area (Å²) in [4.78, 5) is 5.71. The van der Waals surface area contributed by atoms with E-state index in [2.05, 4.69) is 47.4 Å². The number of para-hydroxylation sites is 1. The Hall–Kier alpha value is -1.32. The average molecular weight is 257 g/mol. The minimum atomic E-state index is -0.00856. The first kappa shape index (κ1) is 12.7. The molecule has 1 fully saturated rings. The predicted molar refractivity (Wildman–Crippen MR) is 80.3 cm³/mol. The molecular weight excluding hydrogens is 234 g/mol. The maximum absolute atomic E-state index is 6.56. The van der Waals surface area contributed by atoms with Gasteiger partial charge in [-0.1, -0.05) is 18.2 Å². The summed E-state index contributed by atoms with van der Waals surface area (Å²) in [5.74, 6) is 0. The number of likely N-dealkylation sites (N-methyl/N-ethyl adjacent to an activating group) is 1. The minimum Gasteiger partial charge on any atom is -0.361 e. The molecule has 1 aliphatic heterocycles. The number of hydrogen-bond acceptors (Lipinski definition) is 2. The zero-order valence-electron chi connectivity index (χ0n) is 11.7. The zero-order chi connectivity index (χ0) is 13.3. The van der Waals surface area contributed by atoms with E-state index in [4.69, 9.17) is 5.73 Å². The van der Waals surface area contributed by atoms with E-state index in [9.17, 15) is 0 Å². The maximum atomic E-state index is 6.56. The monoisotopic (exact) mass is 257 g/mol. The first-order valence-corrected chi connectivity index (χ1v) is 7.19. The van der Waals surface area contributed by atoms with Crippen LogP contribution in [0.2, 0.25) is 0 Å². The lowest BCUT2D eigenvalue weighted by Gasteiger charge is -2.38.